The number of aliphatic hydroxyl groups excluding tert-OH is 1. The highest BCUT2D eigenvalue weighted by Crippen LogP contribution is 2.18. The summed E-state index contributed by atoms with van der Waals surface area (Å²) in [5.41, 5.74) is 8.42. The second-order valence-corrected chi connectivity index (χ2v) is 3.43. The molecule has 2 unspecified atom stereocenters. The Morgan fingerprint density at radius 1 is 1.57 bits per heavy atom. The highest BCUT2D eigenvalue weighted by atomic mass is 16.3. The average molecular weight is 191 g/mol. The van der Waals surface area contributed by atoms with E-state index in [4.69, 9.17) is 5.73 Å². The summed E-state index contributed by atoms with van der Waals surface area (Å²) < 4.78 is 0. The van der Waals surface area contributed by atoms with Crippen LogP contribution in [0.25, 0.3) is 11.0 Å². The van der Waals surface area contributed by atoms with Crippen LogP contribution in [-0.2, 0) is 0 Å². The van der Waals surface area contributed by atoms with Crippen LogP contribution in [0.3, 0.4) is 0 Å². The van der Waals surface area contributed by atoms with E-state index < -0.39 is 6.10 Å². The van der Waals surface area contributed by atoms with Crippen LogP contribution in [0, 0.1) is 0 Å². The van der Waals surface area contributed by atoms with Gasteiger partial charge in [0, 0.05) is 11.9 Å². The molecule has 0 aliphatic carbocycles. The molecule has 0 bridgehead atoms. The van der Waals surface area contributed by atoms with E-state index in [0.29, 0.717) is 0 Å². The number of pyridine rings is 1. The van der Waals surface area contributed by atoms with Crippen LogP contribution in [0.4, 0.5) is 0 Å². The molecule has 0 amide bonds. The molecule has 2 atom stereocenters. The fraction of sp³-hybridized carbons (Fsp3) is 0.300. The van der Waals surface area contributed by atoms with E-state index >= 15 is 0 Å². The minimum Gasteiger partial charge on any atom is -0.391 e. The number of nitrogens with zero attached hydrogens (tertiary/aromatic N) is 1. The molecule has 0 spiro atoms. The molecule has 0 aliphatic heterocycles. The molecule has 14 heavy (non-hydrogen) atoms. The lowest BCUT2D eigenvalue weighted by molar-refractivity contribution is 0.163. The highest BCUT2D eigenvalue weighted by molar-refractivity contribution is 5.75. The molecule has 0 aliphatic rings. The molecule has 0 saturated heterocycles. The van der Waals surface area contributed by atoms with Crippen LogP contribution in [-0.4, -0.2) is 21.2 Å². The number of aromatic amines is 1. The number of nitrogens with one attached hydrogen (secondary N) is 1. The first-order valence-electron chi connectivity index (χ1n) is 4.56. The molecule has 0 saturated carbocycles. The van der Waals surface area contributed by atoms with E-state index in [2.05, 4.69) is 9.97 Å². The van der Waals surface area contributed by atoms with Gasteiger partial charge in [0.2, 0.25) is 0 Å². The Labute approximate surface area is 81.8 Å². The molecule has 0 fully saturated rings. The molecule has 2 aromatic heterocycles. The molecule has 4 nitrogen and oxygen atoms in total. The van der Waals surface area contributed by atoms with E-state index in [9.17, 15) is 5.11 Å². The highest BCUT2D eigenvalue weighted by Gasteiger charge is 2.14. The number of rotatable bonds is 2. The van der Waals surface area contributed by atoms with Gasteiger partial charge in [0.25, 0.3) is 0 Å². The fourth-order valence-electron chi connectivity index (χ4n) is 1.42. The predicted octanol–water partition coefficient (Wildman–Crippen LogP) is 0.944. The van der Waals surface area contributed by atoms with Gasteiger partial charge in [-0.2, -0.15) is 0 Å². The maximum absolute atomic E-state index is 9.33. The first-order chi connectivity index (χ1) is 6.68. The maximum Gasteiger partial charge on any atom is 0.0882 e. The number of fused-ring (bicyclic) bond motifs is 1. The fourth-order valence-corrected chi connectivity index (χ4v) is 1.42. The van der Waals surface area contributed by atoms with Gasteiger partial charge in [-0.3, -0.25) is 4.98 Å². The second-order valence-electron chi connectivity index (χ2n) is 3.43. The van der Waals surface area contributed by atoms with Crippen LogP contribution in [0.15, 0.2) is 24.4 Å². The van der Waals surface area contributed by atoms with Gasteiger partial charge in [0.05, 0.1) is 23.2 Å². The Kier molecular flexibility index (Phi) is 2.23. The van der Waals surface area contributed by atoms with Crippen molar-refractivity contribution < 1.29 is 5.11 Å². The number of H-pyrrole nitrogens is 1. The topological polar surface area (TPSA) is 74.9 Å². The Balaban J connectivity index is 2.45. The molecule has 74 valence electrons. The lowest BCUT2D eigenvalue weighted by Gasteiger charge is -2.11. The molecule has 2 heterocycles. The number of aromatic nitrogens is 2. The normalized spacial score (nSPS) is 15.6. The predicted molar refractivity (Wildman–Crippen MR) is 54.7 cm³/mol. The lowest BCUT2D eigenvalue weighted by Crippen LogP contribution is -2.23. The van der Waals surface area contributed by atoms with E-state index in [1.807, 2.05) is 18.2 Å². The summed E-state index contributed by atoms with van der Waals surface area (Å²) in [5, 5.41) is 9.33. The third-order valence-corrected chi connectivity index (χ3v) is 2.29. The second kappa shape index (κ2) is 3.40. The van der Waals surface area contributed by atoms with Gasteiger partial charge in [0.1, 0.15) is 0 Å². The van der Waals surface area contributed by atoms with Crippen LogP contribution in [0.1, 0.15) is 18.7 Å². The van der Waals surface area contributed by atoms with E-state index in [-0.39, 0.29) is 6.04 Å². The Bertz CT molecular complexity index is 403. The van der Waals surface area contributed by atoms with Gasteiger partial charge in [-0.15, -0.1) is 0 Å². The summed E-state index contributed by atoms with van der Waals surface area (Å²) >= 11 is 0. The molecular formula is C10H13N3O. The summed E-state index contributed by atoms with van der Waals surface area (Å²) in [7, 11) is 0. The van der Waals surface area contributed by atoms with Gasteiger partial charge in [-0.05, 0) is 25.1 Å². The summed E-state index contributed by atoms with van der Waals surface area (Å²) in [6.07, 6.45) is 1.16. The third-order valence-electron chi connectivity index (χ3n) is 2.29. The Hall–Kier alpha value is -1.39. The first kappa shape index (κ1) is 9.18. The van der Waals surface area contributed by atoms with Crippen molar-refractivity contribution in [2.24, 2.45) is 5.73 Å². The average Bonchev–Trinajstić information content (AvgIpc) is 2.59. The molecular weight excluding hydrogens is 178 g/mol. The van der Waals surface area contributed by atoms with Crippen LogP contribution in [0.5, 0.6) is 0 Å². The molecule has 2 aromatic rings. The molecule has 4 heteroatoms. The van der Waals surface area contributed by atoms with Crippen molar-refractivity contribution in [3.8, 4) is 0 Å². The monoisotopic (exact) mass is 191 g/mol. The third kappa shape index (κ3) is 1.49. The van der Waals surface area contributed by atoms with Gasteiger partial charge in [0.15, 0.2) is 0 Å². The summed E-state index contributed by atoms with van der Waals surface area (Å²) in [4.78, 5) is 7.30. The van der Waals surface area contributed by atoms with Crippen molar-refractivity contribution in [1.82, 2.24) is 9.97 Å². The van der Waals surface area contributed by atoms with E-state index in [0.717, 1.165) is 16.7 Å². The number of nitrogens with two attached hydrogens (primary N) is 1. The van der Waals surface area contributed by atoms with Crippen molar-refractivity contribution in [3.63, 3.8) is 0 Å². The zero-order valence-electron chi connectivity index (χ0n) is 7.94. The van der Waals surface area contributed by atoms with Crippen molar-refractivity contribution in [2.45, 2.75) is 19.1 Å². The summed E-state index contributed by atoms with van der Waals surface area (Å²) in [6.45, 7) is 1.67. The number of hydrogen-bond donors (Lipinski definition) is 3. The van der Waals surface area contributed by atoms with Crippen molar-refractivity contribution in [3.05, 3.63) is 30.1 Å². The first-order valence-corrected chi connectivity index (χ1v) is 4.56. The van der Waals surface area contributed by atoms with Crippen molar-refractivity contribution in [2.75, 3.05) is 0 Å². The van der Waals surface area contributed by atoms with Crippen LogP contribution < -0.4 is 5.73 Å². The lowest BCUT2D eigenvalue weighted by atomic mass is 10.1. The number of hydrogen-bond acceptors (Lipinski definition) is 3. The van der Waals surface area contributed by atoms with Gasteiger partial charge in [-0.1, -0.05) is 0 Å². The zero-order valence-corrected chi connectivity index (χ0v) is 7.94. The zero-order chi connectivity index (χ0) is 10.1. The summed E-state index contributed by atoms with van der Waals surface area (Å²) in [5.74, 6) is 0. The SMILES string of the molecule is CC(O)C(N)c1cc2ncccc2[nH]1. The molecule has 0 radical (unpaired) electrons. The standard InChI is InChI=1S/C10H13N3O/c1-6(14)10(11)9-5-8-7(13-9)3-2-4-12-8/h2-6,10,13-14H,11H2,1H3. The quantitative estimate of drug-likeness (QED) is 0.661. The minimum atomic E-state index is -0.567. The van der Waals surface area contributed by atoms with Gasteiger partial charge < -0.3 is 15.8 Å². The van der Waals surface area contributed by atoms with E-state index in [1.165, 1.54) is 0 Å². The summed E-state index contributed by atoms with van der Waals surface area (Å²) in [6, 6.07) is 5.27. The van der Waals surface area contributed by atoms with E-state index in [1.54, 1.807) is 13.1 Å². The minimum absolute atomic E-state index is 0.385. The maximum atomic E-state index is 9.33. The van der Waals surface area contributed by atoms with Gasteiger partial charge >= 0.3 is 0 Å². The number of aliphatic hydroxyl groups is 1. The van der Waals surface area contributed by atoms with Crippen LogP contribution in [0.2, 0.25) is 0 Å². The van der Waals surface area contributed by atoms with Crippen molar-refractivity contribution in [1.29, 1.82) is 0 Å². The largest absolute Gasteiger partial charge is 0.391 e. The Morgan fingerprint density at radius 2 is 2.36 bits per heavy atom. The smallest absolute Gasteiger partial charge is 0.0882 e. The van der Waals surface area contributed by atoms with Crippen LogP contribution >= 0.6 is 0 Å². The Morgan fingerprint density at radius 3 is 3.00 bits per heavy atom. The van der Waals surface area contributed by atoms with Gasteiger partial charge in [-0.25, -0.2) is 0 Å². The molecule has 4 N–H and O–H groups in total. The molecule has 0 aromatic carbocycles. The molecule has 2 rings (SSSR count). The van der Waals surface area contributed by atoms with Crippen molar-refractivity contribution >= 4 is 11.0 Å².